The van der Waals surface area contributed by atoms with Crippen LogP contribution in [-0.2, 0) is 0 Å². The molecule has 0 aliphatic heterocycles. The van der Waals surface area contributed by atoms with E-state index in [1.807, 2.05) is 18.2 Å². The number of rotatable bonds is 3. The van der Waals surface area contributed by atoms with Crippen LogP contribution in [0.3, 0.4) is 0 Å². The zero-order valence-corrected chi connectivity index (χ0v) is 9.41. The molecule has 0 spiro atoms. The number of phenols is 1. The SMILES string of the molecule is O=C(C=CC1C=CC=CC1)c1ccccc1O.[KH]. The van der Waals surface area contributed by atoms with E-state index in [9.17, 15) is 9.90 Å². The van der Waals surface area contributed by atoms with Crippen LogP contribution in [0.4, 0.5) is 0 Å². The molecule has 88 valence electrons. The number of aromatic hydroxyl groups is 1. The number of carbonyl (C=O) groups is 1. The van der Waals surface area contributed by atoms with Gasteiger partial charge in [0, 0.05) is 0 Å². The van der Waals surface area contributed by atoms with Crippen LogP contribution >= 0.6 is 0 Å². The van der Waals surface area contributed by atoms with Crippen LogP contribution in [0.2, 0.25) is 0 Å². The quantitative estimate of drug-likeness (QED) is 0.519. The van der Waals surface area contributed by atoms with Crippen molar-refractivity contribution in [2.24, 2.45) is 5.92 Å². The average Bonchev–Trinajstić information content (AvgIpc) is 2.38. The molecule has 2 rings (SSSR count). The maximum absolute atomic E-state index is 11.8. The summed E-state index contributed by atoms with van der Waals surface area (Å²) in [4.78, 5) is 11.8. The monoisotopic (exact) mass is 266 g/mol. The molecule has 1 atom stereocenters. The number of para-hydroxylation sites is 1. The van der Waals surface area contributed by atoms with E-state index in [0.717, 1.165) is 6.42 Å². The van der Waals surface area contributed by atoms with Crippen molar-refractivity contribution >= 4 is 57.2 Å². The molecule has 0 radical (unpaired) electrons. The van der Waals surface area contributed by atoms with Gasteiger partial charge in [0.2, 0.25) is 0 Å². The first kappa shape index (κ1) is 15.6. The van der Waals surface area contributed by atoms with Crippen molar-refractivity contribution in [3.63, 3.8) is 0 Å². The van der Waals surface area contributed by atoms with E-state index in [2.05, 4.69) is 12.2 Å². The summed E-state index contributed by atoms with van der Waals surface area (Å²) in [6.07, 6.45) is 12.4. The van der Waals surface area contributed by atoms with Gasteiger partial charge >= 0.3 is 51.4 Å². The number of ketones is 1. The van der Waals surface area contributed by atoms with Gasteiger partial charge in [-0.15, -0.1) is 0 Å². The van der Waals surface area contributed by atoms with E-state index >= 15 is 0 Å². The van der Waals surface area contributed by atoms with Gasteiger partial charge in [-0.25, -0.2) is 0 Å². The Morgan fingerprint density at radius 1 is 1.28 bits per heavy atom. The second-order valence-electron chi connectivity index (χ2n) is 3.95. The molecule has 1 aliphatic carbocycles. The van der Waals surface area contributed by atoms with Crippen LogP contribution in [0.1, 0.15) is 16.8 Å². The molecule has 1 unspecified atom stereocenters. The molecule has 0 amide bonds. The Morgan fingerprint density at radius 3 is 2.72 bits per heavy atom. The Morgan fingerprint density at radius 2 is 2.06 bits per heavy atom. The van der Waals surface area contributed by atoms with Gasteiger partial charge < -0.3 is 5.11 Å². The second kappa shape index (κ2) is 7.87. The van der Waals surface area contributed by atoms with E-state index < -0.39 is 0 Å². The molecule has 3 heteroatoms. The second-order valence-corrected chi connectivity index (χ2v) is 3.95. The van der Waals surface area contributed by atoms with Crippen molar-refractivity contribution in [1.82, 2.24) is 0 Å². The first-order valence-corrected chi connectivity index (χ1v) is 5.61. The third-order valence-electron chi connectivity index (χ3n) is 2.68. The van der Waals surface area contributed by atoms with Crippen molar-refractivity contribution in [2.45, 2.75) is 6.42 Å². The molecule has 0 fully saturated rings. The normalized spacial score (nSPS) is 17.7. The molecule has 1 N–H and O–H groups in total. The molecule has 1 aliphatic rings. The number of phenolic OH excluding ortho intramolecular Hbond substituents is 1. The Hall–Kier alpha value is -0.454. The van der Waals surface area contributed by atoms with Gasteiger partial charge in [0.25, 0.3) is 0 Å². The summed E-state index contributed by atoms with van der Waals surface area (Å²) in [5.41, 5.74) is 0.346. The molecule has 1 aromatic carbocycles. The van der Waals surface area contributed by atoms with E-state index in [1.165, 1.54) is 12.1 Å². The Bertz CT molecular complexity index is 501. The van der Waals surface area contributed by atoms with Crippen molar-refractivity contribution in [1.29, 1.82) is 0 Å². The Labute approximate surface area is 150 Å². The molecule has 1 aromatic rings. The Balaban J connectivity index is 0.00000162. The van der Waals surface area contributed by atoms with Crippen LogP contribution in [0.25, 0.3) is 0 Å². The fourth-order valence-corrected chi connectivity index (χ4v) is 1.73. The summed E-state index contributed by atoms with van der Waals surface area (Å²) in [7, 11) is 0. The molecule has 2 nitrogen and oxygen atoms in total. The minimum absolute atomic E-state index is 0. The zero-order chi connectivity index (χ0) is 12.1. The maximum atomic E-state index is 11.8. The number of carbonyl (C=O) groups excluding carboxylic acids is 1. The van der Waals surface area contributed by atoms with Crippen molar-refractivity contribution in [3.05, 3.63) is 66.3 Å². The van der Waals surface area contributed by atoms with Gasteiger partial charge in [-0.05, 0) is 30.5 Å². The van der Waals surface area contributed by atoms with E-state index in [4.69, 9.17) is 0 Å². The topological polar surface area (TPSA) is 37.3 Å². The fraction of sp³-hybridized carbons (Fsp3) is 0.133. The molecular formula is C15H15KO2. The molecule has 0 saturated heterocycles. The van der Waals surface area contributed by atoms with Gasteiger partial charge in [0.15, 0.2) is 5.78 Å². The van der Waals surface area contributed by atoms with Crippen LogP contribution in [-0.4, -0.2) is 62.3 Å². The summed E-state index contributed by atoms with van der Waals surface area (Å²) in [5, 5.41) is 9.54. The Kier molecular flexibility index (Phi) is 6.82. The minimum atomic E-state index is -0.161. The number of allylic oxidation sites excluding steroid dienone is 6. The van der Waals surface area contributed by atoms with E-state index in [1.54, 1.807) is 18.2 Å². The first-order chi connectivity index (χ1) is 8.27. The van der Waals surface area contributed by atoms with Crippen LogP contribution in [0.5, 0.6) is 5.75 Å². The van der Waals surface area contributed by atoms with Crippen LogP contribution in [0, 0.1) is 5.92 Å². The summed E-state index contributed by atoms with van der Waals surface area (Å²) >= 11 is 0. The molecule has 0 aromatic heterocycles. The van der Waals surface area contributed by atoms with E-state index in [-0.39, 0.29) is 68.8 Å². The van der Waals surface area contributed by atoms with E-state index in [0.29, 0.717) is 5.56 Å². The van der Waals surface area contributed by atoms with Crippen molar-refractivity contribution in [3.8, 4) is 5.75 Å². The molecule has 0 saturated carbocycles. The van der Waals surface area contributed by atoms with Crippen LogP contribution < -0.4 is 0 Å². The summed E-state index contributed by atoms with van der Waals surface area (Å²) in [5.74, 6) is 0.141. The predicted octanol–water partition coefficient (Wildman–Crippen LogP) is 2.61. The summed E-state index contributed by atoms with van der Waals surface area (Å²) < 4.78 is 0. The third kappa shape index (κ3) is 4.34. The number of hydrogen-bond donors (Lipinski definition) is 1. The number of benzene rings is 1. The molecule has 0 heterocycles. The molecular weight excluding hydrogens is 251 g/mol. The van der Waals surface area contributed by atoms with Crippen molar-refractivity contribution in [2.75, 3.05) is 0 Å². The molecule has 0 bridgehead atoms. The molecule has 18 heavy (non-hydrogen) atoms. The van der Waals surface area contributed by atoms with Gasteiger partial charge in [0.05, 0.1) is 5.56 Å². The average molecular weight is 266 g/mol. The van der Waals surface area contributed by atoms with Crippen LogP contribution in [0.15, 0.2) is 60.7 Å². The summed E-state index contributed by atoms with van der Waals surface area (Å²) in [6, 6.07) is 6.58. The van der Waals surface area contributed by atoms with Gasteiger partial charge in [-0.1, -0.05) is 42.5 Å². The zero-order valence-electron chi connectivity index (χ0n) is 9.41. The van der Waals surface area contributed by atoms with Gasteiger partial charge in [-0.3, -0.25) is 4.79 Å². The van der Waals surface area contributed by atoms with Gasteiger partial charge in [-0.2, -0.15) is 0 Å². The summed E-state index contributed by atoms with van der Waals surface area (Å²) in [6.45, 7) is 0. The van der Waals surface area contributed by atoms with Gasteiger partial charge in [0.1, 0.15) is 5.75 Å². The first-order valence-electron chi connectivity index (χ1n) is 5.61. The van der Waals surface area contributed by atoms with Crippen molar-refractivity contribution < 1.29 is 9.90 Å². The third-order valence-corrected chi connectivity index (χ3v) is 2.68. The standard InChI is InChI=1S/C15H14O2.K.H/c16-14-9-5-4-8-13(14)15(17)11-10-12-6-2-1-3-7-12;;/h1-6,8-12,16H,7H2;;. The fourth-order valence-electron chi connectivity index (χ4n) is 1.73. The predicted molar refractivity (Wildman–Crippen MR) is 75.1 cm³/mol. The number of hydrogen-bond acceptors (Lipinski definition) is 2.